The van der Waals surface area contributed by atoms with Crippen molar-refractivity contribution in [2.75, 3.05) is 26.3 Å². The largest absolute Gasteiger partial charge is 0.464 e. The molecule has 0 spiro atoms. The fraction of sp³-hybridized carbons (Fsp3) is 0.833. The Morgan fingerprint density at radius 2 is 1.62 bits per heavy atom. The van der Waals surface area contributed by atoms with E-state index in [4.69, 9.17) is 14.0 Å². The zero-order chi connectivity index (χ0) is 15.9. The Labute approximate surface area is 123 Å². The lowest BCUT2D eigenvalue weighted by atomic mass is 9.79. The molecule has 0 heterocycles. The molecule has 8 nitrogen and oxygen atoms in total. The van der Waals surface area contributed by atoms with E-state index < -0.39 is 46.3 Å². The number of rotatable bonds is 7. The van der Waals surface area contributed by atoms with Crippen molar-refractivity contribution >= 4 is 22.1 Å². The minimum Gasteiger partial charge on any atom is -0.464 e. The molecule has 0 aliphatic heterocycles. The van der Waals surface area contributed by atoms with Gasteiger partial charge in [-0.15, -0.1) is 0 Å². The molecule has 21 heavy (non-hydrogen) atoms. The number of hydrogen-bond acceptors (Lipinski definition) is 7. The molecule has 1 rings (SSSR count). The third-order valence-corrected chi connectivity index (χ3v) is 3.96. The van der Waals surface area contributed by atoms with Crippen LogP contribution in [0.25, 0.3) is 0 Å². The van der Waals surface area contributed by atoms with Gasteiger partial charge in [-0.05, 0) is 12.8 Å². The molecule has 1 aliphatic rings. The third kappa shape index (κ3) is 6.40. The van der Waals surface area contributed by atoms with Crippen LogP contribution in [0.5, 0.6) is 0 Å². The van der Waals surface area contributed by atoms with Crippen LogP contribution in [0.15, 0.2) is 0 Å². The Morgan fingerprint density at radius 1 is 1.10 bits per heavy atom. The molecule has 122 valence electrons. The molecule has 0 radical (unpaired) electrons. The number of methoxy groups -OCH3 is 1. The van der Waals surface area contributed by atoms with Crippen molar-refractivity contribution in [3.05, 3.63) is 0 Å². The molecule has 2 atom stereocenters. The number of hydrogen-bond donors (Lipinski definition) is 1. The van der Waals surface area contributed by atoms with Gasteiger partial charge in [-0.2, -0.15) is 8.42 Å². The zero-order valence-electron chi connectivity index (χ0n) is 11.8. The predicted molar refractivity (Wildman–Crippen MR) is 70.8 cm³/mol. The van der Waals surface area contributed by atoms with Gasteiger partial charge in [0.05, 0.1) is 11.8 Å². The quantitative estimate of drug-likeness (QED) is 0.405. The lowest BCUT2D eigenvalue weighted by molar-refractivity contribution is -0.169. The number of carbonyl (C=O) groups excluding carboxylic acids is 2. The van der Waals surface area contributed by atoms with E-state index in [1.807, 2.05) is 0 Å². The van der Waals surface area contributed by atoms with Gasteiger partial charge in [0.1, 0.15) is 12.4 Å². The molecule has 0 aromatic heterocycles. The summed E-state index contributed by atoms with van der Waals surface area (Å²) < 4.78 is 44.0. The molecule has 0 aromatic rings. The summed E-state index contributed by atoms with van der Waals surface area (Å²) in [5, 5.41) is 0. The van der Waals surface area contributed by atoms with E-state index in [0.717, 1.165) is 12.8 Å². The first kappa shape index (κ1) is 17.9. The normalized spacial score (nSPS) is 22.6. The predicted octanol–water partition coefficient (Wildman–Crippen LogP) is 0.371. The first-order valence-electron chi connectivity index (χ1n) is 6.62. The van der Waals surface area contributed by atoms with E-state index in [1.165, 1.54) is 7.11 Å². The van der Waals surface area contributed by atoms with Gasteiger partial charge >= 0.3 is 11.9 Å². The van der Waals surface area contributed by atoms with Crippen LogP contribution in [0.2, 0.25) is 0 Å². The molecule has 1 N–H and O–H groups in total. The van der Waals surface area contributed by atoms with Crippen molar-refractivity contribution in [2.45, 2.75) is 25.7 Å². The Morgan fingerprint density at radius 3 is 2.10 bits per heavy atom. The summed E-state index contributed by atoms with van der Waals surface area (Å²) in [6.07, 6.45) is 2.59. The first-order valence-corrected chi connectivity index (χ1v) is 8.23. The summed E-state index contributed by atoms with van der Waals surface area (Å²) in [7, 11) is -2.79. The van der Waals surface area contributed by atoms with Gasteiger partial charge in [-0.25, -0.2) is 0 Å². The molecule has 1 fully saturated rings. The molecular weight excluding hydrogens is 304 g/mol. The second-order valence-corrected chi connectivity index (χ2v) is 6.39. The lowest BCUT2D eigenvalue weighted by Gasteiger charge is -2.28. The molecule has 1 saturated carbocycles. The van der Waals surface area contributed by atoms with Crippen LogP contribution in [0.1, 0.15) is 25.7 Å². The Hall–Kier alpha value is -1.19. The van der Waals surface area contributed by atoms with E-state index in [0.29, 0.717) is 12.8 Å². The second kappa shape index (κ2) is 8.30. The van der Waals surface area contributed by atoms with E-state index >= 15 is 0 Å². The molecule has 0 amide bonds. The number of esters is 2. The van der Waals surface area contributed by atoms with Crippen molar-refractivity contribution in [3.8, 4) is 0 Å². The molecular formula is C12H20O8S. The Balaban J connectivity index is 2.55. The molecule has 0 bridgehead atoms. The minimum atomic E-state index is -4.18. The van der Waals surface area contributed by atoms with Crippen LogP contribution < -0.4 is 0 Å². The van der Waals surface area contributed by atoms with Crippen LogP contribution in [0, 0.1) is 11.8 Å². The SMILES string of the molecule is COCOC(=O)C1CCCCC1C(=O)OCCS(=O)(=O)O. The van der Waals surface area contributed by atoms with Crippen LogP contribution >= 0.6 is 0 Å². The summed E-state index contributed by atoms with van der Waals surface area (Å²) in [4.78, 5) is 23.8. The van der Waals surface area contributed by atoms with Gasteiger partial charge in [0.15, 0.2) is 6.79 Å². The number of carbonyl (C=O) groups is 2. The first-order chi connectivity index (χ1) is 9.85. The van der Waals surface area contributed by atoms with Gasteiger partial charge in [0.25, 0.3) is 10.1 Å². The second-order valence-electron chi connectivity index (χ2n) is 4.82. The zero-order valence-corrected chi connectivity index (χ0v) is 12.6. The van der Waals surface area contributed by atoms with Crippen molar-refractivity contribution in [3.63, 3.8) is 0 Å². The smallest absolute Gasteiger partial charge is 0.311 e. The molecule has 1 aliphatic carbocycles. The molecule has 0 saturated heterocycles. The van der Waals surface area contributed by atoms with Gasteiger partial charge in [-0.1, -0.05) is 12.8 Å². The summed E-state index contributed by atoms with van der Waals surface area (Å²) in [6, 6.07) is 0. The van der Waals surface area contributed by atoms with E-state index in [1.54, 1.807) is 0 Å². The lowest BCUT2D eigenvalue weighted by Crippen LogP contribution is -2.35. The molecule has 0 aromatic carbocycles. The van der Waals surface area contributed by atoms with E-state index in [9.17, 15) is 18.0 Å². The van der Waals surface area contributed by atoms with Gasteiger partial charge in [-0.3, -0.25) is 14.1 Å². The highest BCUT2D eigenvalue weighted by Gasteiger charge is 2.37. The Kier molecular flexibility index (Phi) is 7.06. The van der Waals surface area contributed by atoms with Crippen LogP contribution in [0.4, 0.5) is 0 Å². The van der Waals surface area contributed by atoms with Crippen molar-refractivity contribution in [1.29, 1.82) is 0 Å². The van der Waals surface area contributed by atoms with E-state index in [2.05, 4.69) is 4.74 Å². The van der Waals surface area contributed by atoms with Crippen LogP contribution in [-0.2, 0) is 33.9 Å². The minimum absolute atomic E-state index is 0.181. The average Bonchev–Trinajstić information content (AvgIpc) is 2.43. The molecule has 2 unspecified atom stereocenters. The summed E-state index contributed by atoms with van der Waals surface area (Å²) >= 11 is 0. The van der Waals surface area contributed by atoms with E-state index in [-0.39, 0.29) is 6.79 Å². The Bertz CT molecular complexity index is 458. The van der Waals surface area contributed by atoms with Gasteiger partial charge in [0.2, 0.25) is 0 Å². The topological polar surface area (TPSA) is 116 Å². The summed E-state index contributed by atoms with van der Waals surface area (Å²) in [6.45, 7) is -0.617. The maximum atomic E-state index is 11.9. The maximum Gasteiger partial charge on any atom is 0.311 e. The molecule has 9 heteroatoms. The standard InChI is InChI=1S/C12H20O8S/c1-18-8-20-12(14)10-5-3-2-4-9(10)11(13)19-6-7-21(15,16)17/h9-10H,2-8H2,1H3,(H,15,16,17). The highest BCUT2D eigenvalue weighted by Crippen LogP contribution is 2.32. The summed E-state index contributed by atoms with van der Waals surface area (Å²) in [5.74, 6) is -3.08. The highest BCUT2D eigenvalue weighted by molar-refractivity contribution is 7.85. The number of ether oxygens (including phenoxy) is 3. The highest BCUT2D eigenvalue weighted by atomic mass is 32.2. The summed E-state index contributed by atoms with van der Waals surface area (Å²) in [5.41, 5.74) is 0. The fourth-order valence-corrected chi connectivity index (χ4v) is 2.57. The maximum absolute atomic E-state index is 11.9. The van der Waals surface area contributed by atoms with Gasteiger partial charge < -0.3 is 14.2 Å². The van der Waals surface area contributed by atoms with Crippen molar-refractivity contribution in [1.82, 2.24) is 0 Å². The average molecular weight is 324 g/mol. The van der Waals surface area contributed by atoms with Crippen molar-refractivity contribution in [2.24, 2.45) is 11.8 Å². The van der Waals surface area contributed by atoms with Crippen LogP contribution in [0.3, 0.4) is 0 Å². The van der Waals surface area contributed by atoms with Crippen molar-refractivity contribution < 1.29 is 36.8 Å². The third-order valence-electron chi connectivity index (χ3n) is 3.28. The van der Waals surface area contributed by atoms with Gasteiger partial charge in [0, 0.05) is 7.11 Å². The van der Waals surface area contributed by atoms with Crippen LogP contribution in [-0.4, -0.2) is 51.2 Å². The fourth-order valence-electron chi connectivity index (χ4n) is 2.27. The monoisotopic (exact) mass is 324 g/mol.